The minimum Gasteiger partial charge on any atom is -0.459 e. The molecule has 0 amide bonds. The maximum atomic E-state index is 10.6. The molecule has 1 rings (SSSR count). The molecule has 0 aliphatic heterocycles. The lowest BCUT2D eigenvalue weighted by atomic mass is 10.4. The molecule has 1 aliphatic rings. The van der Waals surface area contributed by atoms with Crippen molar-refractivity contribution >= 4 is 5.97 Å². The van der Waals surface area contributed by atoms with Crippen LogP contribution in [0.4, 0.5) is 0 Å². The predicted molar refractivity (Wildman–Crippen MR) is 32.6 cm³/mol. The number of hydrogen-bond donors (Lipinski definition) is 0. The van der Waals surface area contributed by atoms with Crippen molar-refractivity contribution in [1.29, 1.82) is 0 Å². The van der Waals surface area contributed by atoms with Crippen molar-refractivity contribution in [2.75, 3.05) is 0 Å². The fourth-order valence-electron chi connectivity index (χ4n) is 0.430. The monoisotopic (exact) mass is 125 g/mol. The molecule has 2 heteroatoms. The van der Waals surface area contributed by atoms with Gasteiger partial charge in [-0.05, 0) is 19.8 Å². The van der Waals surface area contributed by atoms with Gasteiger partial charge in [0, 0.05) is 5.57 Å². The van der Waals surface area contributed by atoms with Gasteiger partial charge in [-0.1, -0.05) is 6.58 Å². The first-order valence-electron chi connectivity index (χ1n) is 3.00. The van der Waals surface area contributed by atoms with Crippen LogP contribution in [0.1, 0.15) is 19.8 Å². The third kappa shape index (κ3) is 1.88. The molecule has 9 heavy (non-hydrogen) atoms. The fraction of sp³-hybridized carbons (Fsp3) is 0.571. The zero-order chi connectivity index (χ0) is 6.85. The molecule has 49 valence electrons. The number of carbonyl (C=O) groups is 1. The summed E-state index contributed by atoms with van der Waals surface area (Å²) in [5.41, 5.74) is 0.238. The van der Waals surface area contributed by atoms with Crippen LogP contribution in [0, 0.1) is 6.58 Å². The second-order valence-electron chi connectivity index (χ2n) is 2.29. The quantitative estimate of drug-likeness (QED) is 0.407. The van der Waals surface area contributed by atoms with Gasteiger partial charge in [0.15, 0.2) is 0 Å². The summed E-state index contributed by atoms with van der Waals surface area (Å²) in [5, 5.41) is 0. The van der Waals surface area contributed by atoms with Gasteiger partial charge in [0.05, 0.1) is 0 Å². The summed E-state index contributed by atoms with van der Waals surface area (Å²) in [6.07, 6.45) is 2.16. The summed E-state index contributed by atoms with van der Waals surface area (Å²) in [6.45, 7) is 6.70. The molecule has 1 fully saturated rings. The van der Waals surface area contributed by atoms with Crippen molar-refractivity contribution in [3.63, 3.8) is 0 Å². The zero-order valence-electron chi connectivity index (χ0n) is 5.39. The van der Waals surface area contributed by atoms with E-state index >= 15 is 0 Å². The van der Waals surface area contributed by atoms with Gasteiger partial charge < -0.3 is 4.74 Å². The van der Waals surface area contributed by atoms with Crippen molar-refractivity contribution < 1.29 is 9.53 Å². The Morgan fingerprint density at radius 3 is 2.56 bits per heavy atom. The standard InChI is InChI=1S/C7H9O2/c1-5(2)7(8)9-6-3-4-6/h1,6H,3-4H2,2H3. The van der Waals surface area contributed by atoms with E-state index < -0.39 is 0 Å². The fourth-order valence-corrected chi connectivity index (χ4v) is 0.430. The highest BCUT2D eigenvalue weighted by molar-refractivity contribution is 5.86. The number of carbonyl (C=O) groups excluding carboxylic acids is 1. The Morgan fingerprint density at radius 1 is 1.67 bits per heavy atom. The first-order valence-corrected chi connectivity index (χ1v) is 3.00. The van der Waals surface area contributed by atoms with E-state index in [0.717, 1.165) is 12.8 Å². The third-order valence-electron chi connectivity index (χ3n) is 1.12. The Kier molecular flexibility index (Phi) is 1.56. The van der Waals surface area contributed by atoms with Gasteiger partial charge in [-0.2, -0.15) is 0 Å². The lowest BCUT2D eigenvalue weighted by Crippen LogP contribution is -2.05. The van der Waals surface area contributed by atoms with Crippen molar-refractivity contribution in [3.05, 3.63) is 12.2 Å². The van der Waals surface area contributed by atoms with Gasteiger partial charge in [0.2, 0.25) is 0 Å². The lowest BCUT2D eigenvalue weighted by Gasteiger charge is -1.98. The maximum absolute atomic E-state index is 10.6. The lowest BCUT2D eigenvalue weighted by molar-refractivity contribution is -0.140. The first kappa shape index (κ1) is 6.33. The van der Waals surface area contributed by atoms with Crippen LogP contribution in [0.3, 0.4) is 0 Å². The molecule has 0 unspecified atom stereocenters. The van der Waals surface area contributed by atoms with E-state index in [2.05, 4.69) is 0 Å². The van der Waals surface area contributed by atoms with Gasteiger partial charge in [0.1, 0.15) is 6.10 Å². The molecule has 0 aromatic heterocycles. The summed E-state index contributed by atoms with van der Waals surface area (Å²) in [7, 11) is 0. The van der Waals surface area contributed by atoms with Gasteiger partial charge >= 0.3 is 5.97 Å². The van der Waals surface area contributed by atoms with Crippen LogP contribution in [0.25, 0.3) is 0 Å². The zero-order valence-corrected chi connectivity index (χ0v) is 5.39. The Hall–Kier alpha value is -0.790. The molecular weight excluding hydrogens is 116 g/mol. The minimum absolute atomic E-state index is 0.163. The maximum Gasteiger partial charge on any atom is 0.333 e. The molecule has 0 aromatic rings. The smallest absolute Gasteiger partial charge is 0.333 e. The molecule has 2 nitrogen and oxygen atoms in total. The van der Waals surface area contributed by atoms with E-state index in [0.29, 0.717) is 0 Å². The summed E-state index contributed by atoms with van der Waals surface area (Å²) < 4.78 is 4.82. The van der Waals surface area contributed by atoms with Crippen molar-refractivity contribution in [2.24, 2.45) is 0 Å². The van der Waals surface area contributed by atoms with E-state index in [4.69, 9.17) is 11.3 Å². The molecule has 0 saturated heterocycles. The van der Waals surface area contributed by atoms with Gasteiger partial charge in [-0.25, -0.2) is 4.79 Å². The van der Waals surface area contributed by atoms with Crippen molar-refractivity contribution in [3.8, 4) is 0 Å². The largest absolute Gasteiger partial charge is 0.459 e. The number of esters is 1. The molecule has 1 radical (unpaired) electrons. The third-order valence-corrected chi connectivity index (χ3v) is 1.12. The summed E-state index contributed by atoms with van der Waals surface area (Å²) >= 11 is 0. The van der Waals surface area contributed by atoms with Gasteiger partial charge in [0.25, 0.3) is 0 Å². The highest BCUT2D eigenvalue weighted by Crippen LogP contribution is 2.24. The van der Waals surface area contributed by atoms with Gasteiger partial charge in [-0.3, -0.25) is 0 Å². The van der Waals surface area contributed by atoms with Crippen LogP contribution >= 0.6 is 0 Å². The van der Waals surface area contributed by atoms with E-state index in [1.807, 2.05) is 0 Å². The molecule has 0 spiro atoms. The van der Waals surface area contributed by atoms with Crippen LogP contribution in [-0.4, -0.2) is 12.1 Å². The molecule has 0 N–H and O–H groups in total. The molecule has 0 heterocycles. The second-order valence-corrected chi connectivity index (χ2v) is 2.29. The number of rotatable bonds is 2. The predicted octanol–water partition coefficient (Wildman–Crippen LogP) is 1.07. The normalized spacial score (nSPS) is 17.0. The van der Waals surface area contributed by atoms with Gasteiger partial charge in [-0.15, -0.1) is 0 Å². The van der Waals surface area contributed by atoms with Crippen molar-refractivity contribution in [1.82, 2.24) is 0 Å². The van der Waals surface area contributed by atoms with Crippen LogP contribution < -0.4 is 0 Å². The van der Waals surface area contributed by atoms with E-state index in [1.165, 1.54) is 0 Å². The number of ether oxygens (including phenoxy) is 1. The average Bonchev–Trinajstić information content (AvgIpc) is 2.50. The van der Waals surface area contributed by atoms with Crippen LogP contribution in [0.5, 0.6) is 0 Å². The molecule has 0 atom stereocenters. The van der Waals surface area contributed by atoms with Crippen molar-refractivity contribution in [2.45, 2.75) is 25.9 Å². The first-order chi connectivity index (χ1) is 4.20. The SMILES string of the molecule is [CH]=C(C)C(=O)OC1CC1. The Morgan fingerprint density at radius 2 is 2.22 bits per heavy atom. The Balaban J connectivity index is 2.25. The summed E-state index contributed by atoms with van der Waals surface area (Å²) in [5.74, 6) is -0.363. The number of hydrogen-bond acceptors (Lipinski definition) is 2. The molecule has 1 aliphatic carbocycles. The summed E-state index contributed by atoms with van der Waals surface area (Å²) in [4.78, 5) is 10.6. The summed E-state index contributed by atoms with van der Waals surface area (Å²) in [6, 6.07) is 0. The molecular formula is C7H9O2. The Bertz CT molecular complexity index is 145. The van der Waals surface area contributed by atoms with Crippen LogP contribution in [-0.2, 0) is 9.53 Å². The molecule has 0 bridgehead atoms. The van der Waals surface area contributed by atoms with E-state index in [1.54, 1.807) is 6.92 Å². The average molecular weight is 125 g/mol. The van der Waals surface area contributed by atoms with Crippen LogP contribution in [0.2, 0.25) is 0 Å². The molecule has 0 aromatic carbocycles. The highest BCUT2D eigenvalue weighted by atomic mass is 16.5. The Labute approximate surface area is 54.5 Å². The van der Waals surface area contributed by atoms with E-state index in [-0.39, 0.29) is 17.6 Å². The second kappa shape index (κ2) is 2.21. The minimum atomic E-state index is -0.363. The van der Waals surface area contributed by atoms with Crippen LogP contribution in [0.15, 0.2) is 5.57 Å². The van der Waals surface area contributed by atoms with E-state index in [9.17, 15) is 4.79 Å². The highest BCUT2D eigenvalue weighted by Gasteiger charge is 2.25. The topological polar surface area (TPSA) is 26.3 Å². The molecule has 1 saturated carbocycles.